The highest BCUT2D eigenvalue weighted by atomic mass is 16.1. The van der Waals surface area contributed by atoms with Crippen molar-refractivity contribution in [2.24, 2.45) is 5.92 Å². The third-order valence-corrected chi connectivity index (χ3v) is 2.93. The molecule has 0 aliphatic rings. The molecule has 2 heteroatoms. The van der Waals surface area contributed by atoms with Gasteiger partial charge in [0, 0.05) is 6.54 Å². The second kappa shape index (κ2) is 4.75. The molecule has 0 fully saturated rings. The third kappa shape index (κ3) is 3.11. The lowest BCUT2D eigenvalue weighted by Crippen LogP contribution is -2.50. The van der Waals surface area contributed by atoms with Gasteiger partial charge in [-0.3, -0.25) is 9.69 Å². The molecule has 0 aromatic carbocycles. The van der Waals surface area contributed by atoms with Gasteiger partial charge in [-0.2, -0.15) is 0 Å². The fourth-order valence-corrected chi connectivity index (χ4v) is 1.54. The standard InChI is InChI=1S/C11H23NO/c1-7-11(5,10(4)13)12(6)8-9(2)3/h9H,7-8H2,1-6H3/t11-/m1/s1. The molecule has 0 N–H and O–H groups in total. The van der Waals surface area contributed by atoms with Crippen molar-refractivity contribution in [3.05, 3.63) is 0 Å². The molecular weight excluding hydrogens is 162 g/mol. The monoisotopic (exact) mass is 185 g/mol. The Kier molecular flexibility index (Phi) is 4.62. The highest BCUT2D eigenvalue weighted by molar-refractivity contribution is 5.85. The molecule has 0 saturated heterocycles. The Balaban J connectivity index is 4.47. The molecular formula is C11H23NO. The van der Waals surface area contributed by atoms with Gasteiger partial charge in [-0.15, -0.1) is 0 Å². The van der Waals surface area contributed by atoms with Crippen LogP contribution in [-0.4, -0.2) is 29.8 Å². The molecule has 0 saturated carbocycles. The number of rotatable bonds is 5. The molecule has 0 aliphatic heterocycles. The van der Waals surface area contributed by atoms with Crippen molar-refractivity contribution in [3.8, 4) is 0 Å². The minimum Gasteiger partial charge on any atom is -0.298 e. The Morgan fingerprint density at radius 1 is 1.46 bits per heavy atom. The summed E-state index contributed by atoms with van der Waals surface area (Å²) in [7, 11) is 2.03. The zero-order chi connectivity index (χ0) is 10.6. The smallest absolute Gasteiger partial charge is 0.149 e. The van der Waals surface area contributed by atoms with Crippen molar-refractivity contribution in [1.82, 2.24) is 4.90 Å². The van der Waals surface area contributed by atoms with Crippen molar-refractivity contribution in [2.75, 3.05) is 13.6 Å². The lowest BCUT2D eigenvalue weighted by Gasteiger charge is -2.37. The van der Waals surface area contributed by atoms with E-state index < -0.39 is 0 Å². The topological polar surface area (TPSA) is 20.3 Å². The van der Waals surface area contributed by atoms with Crippen LogP contribution in [0.15, 0.2) is 0 Å². The first-order valence-corrected chi connectivity index (χ1v) is 5.06. The van der Waals surface area contributed by atoms with Crippen LogP contribution in [0.25, 0.3) is 0 Å². The lowest BCUT2D eigenvalue weighted by molar-refractivity contribution is -0.127. The molecule has 0 unspecified atom stereocenters. The Morgan fingerprint density at radius 2 is 1.92 bits per heavy atom. The van der Waals surface area contributed by atoms with E-state index in [1.54, 1.807) is 6.92 Å². The fourth-order valence-electron chi connectivity index (χ4n) is 1.54. The summed E-state index contributed by atoms with van der Waals surface area (Å²) in [5.74, 6) is 0.869. The zero-order valence-electron chi connectivity index (χ0n) is 9.85. The van der Waals surface area contributed by atoms with Crippen LogP contribution in [0.5, 0.6) is 0 Å². The maximum absolute atomic E-state index is 11.5. The van der Waals surface area contributed by atoms with E-state index >= 15 is 0 Å². The highest BCUT2D eigenvalue weighted by Crippen LogP contribution is 2.19. The Hall–Kier alpha value is -0.370. The van der Waals surface area contributed by atoms with Gasteiger partial charge in [0.05, 0.1) is 5.54 Å². The van der Waals surface area contributed by atoms with Crippen LogP contribution < -0.4 is 0 Å². The Bertz CT molecular complexity index is 177. The van der Waals surface area contributed by atoms with Crippen molar-refractivity contribution in [1.29, 1.82) is 0 Å². The molecule has 0 heterocycles. The van der Waals surface area contributed by atoms with Crippen molar-refractivity contribution in [3.63, 3.8) is 0 Å². The van der Waals surface area contributed by atoms with Gasteiger partial charge < -0.3 is 0 Å². The average molecular weight is 185 g/mol. The van der Waals surface area contributed by atoms with E-state index in [2.05, 4.69) is 25.7 Å². The maximum Gasteiger partial charge on any atom is 0.149 e. The average Bonchev–Trinajstić information content (AvgIpc) is 2.01. The van der Waals surface area contributed by atoms with E-state index in [4.69, 9.17) is 0 Å². The van der Waals surface area contributed by atoms with Crippen LogP contribution in [0.2, 0.25) is 0 Å². The van der Waals surface area contributed by atoms with Crippen LogP contribution in [-0.2, 0) is 4.79 Å². The number of ketones is 1. The van der Waals surface area contributed by atoms with Gasteiger partial charge in [0.2, 0.25) is 0 Å². The molecule has 0 aliphatic carbocycles. The number of carbonyl (C=O) groups is 1. The summed E-state index contributed by atoms with van der Waals surface area (Å²) in [6.45, 7) is 11.1. The fraction of sp³-hybridized carbons (Fsp3) is 0.909. The molecule has 0 bridgehead atoms. The van der Waals surface area contributed by atoms with Gasteiger partial charge in [0.15, 0.2) is 0 Å². The summed E-state index contributed by atoms with van der Waals surface area (Å²) in [4.78, 5) is 13.6. The number of likely N-dealkylation sites (N-methyl/N-ethyl adjacent to an activating group) is 1. The summed E-state index contributed by atoms with van der Waals surface area (Å²) >= 11 is 0. The van der Waals surface area contributed by atoms with E-state index in [0.717, 1.165) is 13.0 Å². The zero-order valence-corrected chi connectivity index (χ0v) is 9.85. The predicted molar refractivity (Wildman–Crippen MR) is 56.8 cm³/mol. The lowest BCUT2D eigenvalue weighted by atomic mass is 9.91. The van der Waals surface area contributed by atoms with Crippen molar-refractivity contribution in [2.45, 2.75) is 46.6 Å². The van der Waals surface area contributed by atoms with E-state index in [0.29, 0.717) is 5.92 Å². The molecule has 0 rings (SSSR count). The SMILES string of the molecule is CC[C@](C)(C(C)=O)N(C)CC(C)C. The summed E-state index contributed by atoms with van der Waals surface area (Å²) in [5, 5.41) is 0. The van der Waals surface area contributed by atoms with Gasteiger partial charge in [0.1, 0.15) is 5.78 Å². The normalized spacial score (nSPS) is 16.3. The highest BCUT2D eigenvalue weighted by Gasteiger charge is 2.32. The maximum atomic E-state index is 11.5. The quantitative estimate of drug-likeness (QED) is 0.655. The number of Topliss-reactive ketones (excluding diaryl/α,β-unsaturated/α-hetero) is 1. The van der Waals surface area contributed by atoms with Crippen LogP contribution in [0.1, 0.15) is 41.0 Å². The van der Waals surface area contributed by atoms with Crippen LogP contribution >= 0.6 is 0 Å². The molecule has 2 nitrogen and oxygen atoms in total. The molecule has 78 valence electrons. The first kappa shape index (κ1) is 12.6. The van der Waals surface area contributed by atoms with E-state index in [1.807, 2.05) is 14.0 Å². The molecule has 0 aromatic heterocycles. The van der Waals surface area contributed by atoms with Gasteiger partial charge >= 0.3 is 0 Å². The third-order valence-electron chi connectivity index (χ3n) is 2.93. The summed E-state index contributed by atoms with van der Waals surface area (Å²) in [6.07, 6.45) is 0.881. The minimum atomic E-state index is -0.274. The summed E-state index contributed by atoms with van der Waals surface area (Å²) in [6, 6.07) is 0. The number of carbonyl (C=O) groups excluding carboxylic acids is 1. The Morgan fingerprint density at radius 3 is 2.15 bits per heavy atom. The van der Waals surface area contributed by atoms with Gasteiger partial charge in [-0.05, 0) is 33.2 Å². The molecule has 1 atom stereocenters. The second-order valence-corrected chi connectivity index (χ2v) is 4.46. The Labute approximate surface area is 82.3 Å². The number of hydrogen-bond donors (Lipinski definition) is 0. The first-order valence-electron chi connectivity index (χ1n) is 5.06. The molecule has 0 amide bonds. The molecule has 0 spiro atoms. The summed E-state index contributed by atoms with van der Waals surface area (Å²) < 4.78 is 0. The van der Waals surface area contributed by atoms with Crippen molar-refractivity contribution < 1.29 is 4.79 Å². The van der Waals surface area contributed by atoms with Crippen LogP contribution in [0.4, 0.5) is 0 Å². The molecule has 13 heavy (non-hydrogen) atoms. The number of hydrogen-bond acceptors (Lipinski definition) is 2. The number of nitrogens with zero attached hydrogens (tertiary/aromatic N) is 1. The molecule has 0 radical (unpaired) electrons. The molecule has 0 aromatic rings. The van der Waals surface area contributed by atoms with Gasteiger partial charge in [0.25, 0.3) is 0 Å². The van der Waals surface area contributed by atoms with Gasteiger partial charge in [-0.25, -0.2) is 0 Å². The predicted octanol–water partition coefficient (Wildman–Crippen LogP) is 2.33. The van der Waals surface area contributed by atoms with E-state index in [9.17, 15) is 4.79 Å². The first-order chi connectivity index (χ1) is 5.84. The minimum absolute atomic E-state index is 0.262. The van der Waals surface area contributed by atoms with Crippen molar-refractivity contribution >= 4 is 5.78 Å². The second-order valence-electron chi connectivity index (χ2n) is 4.46. The van der Waals surface area contributed by atoms with E-state index in [1.165, 1.54) is 0 Å². The largest absolute Gasteiger partial charge is 0.298 e. The van der Waals surface area contributed by atoms with Gasteiger partial charge in [-0.1, -0.05) is 20.8 Å². The van der Waals surface area contributed by atoms with Crippen LogP contribution in [0, 0.1) is 5.92 Å². The van der Waals surface area contributed by atoms with E-state index in [-0.39, 0.29) is 11.3 Å². The summed E-state index contributed by atoms with van der Waals surface area (Å²) in [5.41, 5.74) is -0.274. The van der Waals surface area contributed by atoms with Crippen LogP contribution in [0.3, 0.4) is 0 Å².